The van der Waals surface area contributed by atoms with Gasteiger partial charge >= 0.3 is 17.7 Å². The van der Waals surface area contributed by atoms with Gasteiger partial charge < -0.3 is 39.4 Å². The number of carbonyl (C=O) groups is 2. The van der Waals surface area contributed by atoms with Crippen LogP contribution in [0, 0.1) is 20.2 Å². The Morgan fingerprint density at radius 3 is 2.46 bits per heavy atom. The quantitative estimate of drug-likeness (QED) is 0.0547. The number of halogens is 1. The summed E-state index contributed by atoms with van der Waals surface area (Å²) in [5.74, 6) is -0.0697. The number of aliphatic hydroxyl groups excluding tert-OH is 1. The number of nitro benzene ring substituents is 2. The summed E-state index contributed by atoms with van der Waals surface area (Å²) in [6, 6.07) is 9.58. The second kappa shape index (κ2) is 16.4. The van der Waals surface area contributed by atoms with E-state index in [0.717, 1.165) is 18.2 Å². The third-order valence-electron chi connectivity index (χ3n) is 6.92. The lowest BCUT2D eigenvalue weighted by Gasteiger charge is -2.28. The van der Waals surface area contributed by atoms with Gasteiger partial charge in [0.25, 0.3) is 5.69 Å². The van der Waals surface area contributed by atoms with Crippen LogP contribution in [0.25, 0.3) is 0 Å². The van der Waals surface area contributed by atoms with Crippen LogP contribution < -0.4 is 35.0 Å². The van der Waals surface area contributed by atoms with E-state index in [4.69, 9.17) is 23.7 Å². The lowest BCUT2D eigenvalue weighted by atomic mass is 9.95. The second-order valence-electron chi connectivity index (χ2n) is 10.2. The zero-order chi connectivity index (χ0) is 36.5. The zero-order valence-corrected chi connectivity index (χ0v) is 28.5. The highest BCUT2D eigenvalue weighted by Crippen LogP contribution is 2.43. The molecule has 0 unspecified atom stereocenters. The van der Waals surface area contributed by atoms with E-state index in [1.54, 1.807) is 38.1 Å². The van der Waals surface area contributed by atoms with Crippen molar-refractivity contribution in [3.63, 3.8) is 0 Å². The van der Waals surface area contributed by atoms with Gasteiger partial charge in [-0.1, -0.05) is 6.07 Å². The number of non-ortho nitro benzene ring substituents is 1. The Morgan fingerprint density at radius 2 is 1.80 bits per heavy atom. The molecule has 4 N–H and O–H groups in total. The van der Waals surface area contributed by atoms with Gasteiger partial charge in [-0.25, -0.2) is 9.59 Å². The van der Waals surface area contributed by atoms with Crippen molar-refractivity contribution in [2.75, 3.05) is 27.4 Å². The standard InChI is InChI=1S/C31H31BrN6O12/c1-5-48-24-12-18(28-27(30(40)47-4)16(2)34-31(41)35-28)6-8-23(24)49-15-26(39)36-33-14-17-10-20(32)29(25(11-17)46-3)50-22-9-7-19(37(42)43)13-21(22)38(44)45/h6-14,26,28,36,39H,5,15H2,1-4H3,(H2,34,35,41)/b33-14-/t26-,28+/m0/s1. The molecule has 0 saturated heterocycles. The third kappa shape index (κ3) is 8.74. The highest BCUT2D eigenvalue weighted by molar-refractivity contribution is 9.10. The topological polar surface area (TPSA) is 235 Å². The Bertz CT molecular complexity index is 1870. The molecule has 0 aliphatic carbocycles. The summed E-state index contributed by atoms with van der Waals surface area (Å²) in [4.78, 5) is 45.7. The van der Waals surface area contributed by atoms with Crippen LogP contribution in [-0.4, -0.2) is 66.8 Å². The van der Waals surface area contributed by atoms with E-state index in [-0.39, 0.29) is 41.8 Å². The van der Waals surface area contributed by atoms with Crippen molar-refractivity contribution in [2.45, 2.75) is 26.1 Å². The number of amides is 2. The molecule has 18 nitrogen and oxygen atoms in total. The monoisotopic (exact) mass is 758 g/mol. The Balaban J connectivity index is 1.44. The van der Waals surface area contributed by atoms with Gasteiger partial charge in [0.1, 0.15) is 6.61 Å². The first-order valence-electron chi connectivity index (χ1n) is 14.6. The summed E-state index contributed by atoms with van der Waals surface area (Å²) in [6.07, 6.45) is 0.0766. The number of nitrogens with one attached hydrogen (secondary N) is 3. The smallest absolute Gasteiger partial charge is 0.337 e. The number of hydrazone groups is 1. The first-order chi connectivity index (χ1) is 23.9. The maximum atomic E-state index is 12.5. The molecule has 264 valence electrons. The molecule has 2 atom stereocenters. The molecule has 0 bridgehead atoms. The molecular weight excluding hydrogens is 728 g/mol. The number of urea groups is 1. The van der Waals surface area contributed by atoms with Crippen molar-refractivity contribution in [2.24, 2.45) is 5.10 Å². The highest BCUT2D eigenvalue weighted by Gasteiger charge is 2.32. The molecule has 2 amide bonds. The number of aliphatic hydroxyl groups is 1. The summed E-state index contributed by atoms with van der Waals surface area (Å²) >= 11 is 3.34. The SMILES string of the molecule is CCOc1cc([C@H]2NC(=O)NC(C)=C2C(=O)OC)ccc1OC[C@H](O)N/N=C\c1cc(Br)c(Oc2ccc([N+](=O)[O-])cc2[N+](=O)[O-])c(OC)c1. The highest BCUT2D eigenvalue weighted by atomic mass is 79.9. The van der Waals surface area contributed by atoms with Gasteiger partial charge in [-0.3, -0.25) is 25.7 Å². The molecule has 1 aliphatic rings. The number of rotatable bonds is 15. The molecule has 1 aliphatic heterocycles. The summed E-state index contributed by atoms with van der Waals surface area (Å²) in [6.45, 7) is 3.37. The molecule has 0 radical (unpaired) electrons. The van der Waals surface area contributed by atoms with Gasteiger partial charge in [0, 0.05) is 11.8 Å². The Morgan fingerprint density at radius 1 is 1.06 bits per heavy atom. The van der Waals surface area contributed by atoms with Crippen molar-refractivity contribution < 1.29 is 48.2 Å². The zero-order valence-electron chi connectivity index (χ0n) is 26.9. The van der Waals surface area contributed by atoms with Crippen molar-refractivity contribution >= 4 is 45.5 Å². The van der Waals surface area contributed by atoms with Crippen molar-refractivity contribution in [1.29, 1.82) is 0 Å². The predicted octanol–water partition coefficient (Wildman–Crippen LogP) is 4.59. The maximum Gasteiger partial charge on any atom is 0.337 e. The lowest BCUT2D eigenvalue weighted by Crippen LogP contribution is -2.45. The number of benzene rings is 3. The fraction of sp³-hybridized carbons (Fsp3) is 0.258. The normalized spacial score (nSPS) is 14.7. The van der Waals surface area contributed by atoms with Gasteiger partial charge in [-0.15, -0.1) is 0 Å². The van der Waals surface area contributed by atoms with Gasteiger partial charge in [-0.2, -0.15) is 5.10 Å². The van der Waals surface area contributed by atoms with E-state index in [9.17, 15) is 34.9 Å². The largest absolute Gasteiger partial charge is 0.493 e. The maximum absolute atomic E-state index is 12.5. The second-order valence-corrected chi connectivity index (χ2v) is 11.1. The van der Waals surface area contributed by atoms with Crippen LogP contribution in [-0.2, 0) is 9.53 Å². The number of methoxy groups -OCH3 is 2. The molecule has 3 aromatic rings. The fourth-order valence-corrected chi connectivity index (χ4v) is 5.23. The summed E-state index contributed by atoms with van der Waals surface area (Å²) in [5, 5.41) is 42.4. The third-order valence-corrected chi connectivity index (χ3v) is 7.51. The number of nitro groups is 2. The van der Waals surface area contributed by atoms with Crippen LogP contribution in [0.2, 0.25) is 0 Å². The molecule has 1 heterocycles. The molecule has 3 aromatic carbocycles. The first kappa shape index (κ1) is 36.9. The Kier molecular flexibility index (Phi) is 12.1. The first-order valence-corrected chi connectivity index (χ1v) is 15.4. The van der Waals surface area contributed by atoms with E-state index in [0.29, 0.717) is 27.0 Å². The van der Waals surface area contributed by atoms with Crippen LogP contribution in [0.15, 0.2) is 69.4 Å². The van der Waals surface area contributed by atoms with Crippen LogP contribution in [0.1, 0.15) is 31.0 Å². The fourth-order valence-electron chi connectivity index (χ4n) is 4.69. The molecule has 0 spiro atoms. The van der Waals surface area contributed by atoms with Crippen molar-refractivity contribution in [3.8, 4) is 28.7 Å². The summed E-state index contributed by atoms with van der Waals surface area (Å²) in [7, 11) is 2.59. The van der Waals surface area contributed by atoms with Crippen LogP contribution in [0.4, 0.5) is 16.2 Å². The number of carbonyl (C=O) groups excluding carboxylic acids is 2. The number of ether oxygens (including phenoxy) is 5. The minimum absolute atomic E-state index is 0.0642. The number of nitrogens with zero attached hydrogens (tertiary/aromatic N) is 3. The van der Waals surface area contributed by atoms with E-state index in [2.05, 4.69) is 37.1 Å². The molecule has 50 heavy (non-hydrogen) atoms. The number of esters is 1. The molecular formula is C31H31BrN6O12. The molecule has 0 saturated carbocycles. The van der Waals surface area contributed by atoms with E-state index < -0.39 is 45.5 Å². The van der Waals surface area contributed by atoms with Crippen LogP contribution in [0.3, 0.4) is 0 Å². The van der Waals surface area contributed by atoms with Crippen LogP contribution in [0.5, 0.6) is 28.7 Å². The Labute approximate surface area is 292 Å². The number of allylic oxidation sites excluding steroid dienone is 1. The van der Waals surface area contributed by atoms with E-state index in [1.165, 1.54) is 26.5 Å². The van der Waals surface area contributed by atoms with Gasteiger partial charge in [0.2, 0.25) is 5.75 Å². The number of hydrogen-bond donors (Lipinski definition) is 4. The van der Waals surface area contributed by atoms with E-state index >= 15 is 0 Å². The van der Waals surface area contributed by atoms with E-state index in [1.807, 2.05) is 0 Å². The Hall–Kier alpha value is -5.95. The minimum atomic E-state index is -1.28. The lowest BCUT2D eigenvalue weighted by molar-refractivity contribution is -0.394. The predicted molar refractivity (Wildman–Crippen MR) is 179 cm³/mol. The van der Waals surface area contributed by atoms with Crippen molar-refractivity contribution in [3.05, 3.63) is 95.6 Å². The number of hydrogen-bond acceptors (Lipinski definition) is 14. The molecule has 4 rings (SSSR count). The minimum Gasteiger partial charge on any atom is -0.493 e. The van der Waals surface area contributed by atoms with Crippen molar-refractivity contribution in [1.82, 2.24) is 16.1 Å². The molecule has 0 fully saturated rings. The van der Waals surface area contributed by atoms with Gasteiger partial charge in [-0.05, 0) is 71.2 Å². The molecule has 19 heteroatoms. The average Bonchev–Trinajstić information content (AvgIpc) is 3.08. The van der Waals surface area contributed by atoms with Gasteiger partial charge in [0.05, 0.1) is 59.0 Å². The summed E-state index contributed by atoms with van der Waals surface area (Å²) < 4.78 is 27.8. The average molecular weight is 760 g/mol. The molecule has 0 aromatic heterocycles. The van der Waals surface area contributed by atoms with Gasteiger partial charge in [0.15, 0.2) is 29.2 Å². The summed E-state index contributed by atoms with van der Waals surface area (Å²) in [5.41, 5.74) is 3.01. The van der Waals surface area contributed by atoms with Crippen LogP contribution >= 0.6 is 15.9 Å².